The van der Waals surface area contributed by atoms with Gasteiger partial charge in [0.15, 0.2) is 0 Å². The second-order valence-corrected chi connectivity index (χ2v) is 5.62. The third kappa shape index (κ3) is 2.52. The van der Waals surface area contributed by atoms with Gasteiger partial charge in [-0.3, -0.25) is 4.79 Å². The van der Waals surface area contributed by atoms with Crippen LogP contribution in [-0.4, -0.2) is 23.2 Å². The molecule has 0 spiro atoms. The zero-order valence-corrected chi connectivity index (χ0v) is 11.4. The number of aliphatic hydroxyl groups excluding tert-OH is 1. The van der Waals surface area contributed by atoms with Crippen LogP contribution in [0, 0.1) is 12.8 Å². The van der Waals surface area contributed by atoms with Gasteiger partial charge in [0, 0.05) is 0 Å². The summed E-state index contributed by atoms with van der Waals surface area (Å²) in [5.74, 6) is 0.155. The highest BCUT2D eigenvalue weighted by atomic mass is 35.5. The number of amides is 1. The molecule has 1 unspecified atom stereocenters. The van der Waals surface area contributed by atoms with E-state index < -0.39 is 5.54 Å². The van der Waals surface area contributed by atoms with Crippen LogP contribution in [0.15, 0.2) is 18.2 Å². The van der Waals surface area contributed by atoms with Gasteiger partial charge in [0.25, 0.3) is 5.91 Å². The van der Waals surface area contributed by atoms with E-state index in [4.69, 9.17) is 11.6 Å². The Morgan fingerprint density at radius 3 is 2.78 bits per heavy atom. The highest BCUT2D eigenvalue weighted by Gasteiger charge is 2.42. The van der Waals surface area contributed by atoms with Crippen molar-refractivity contribution in [2.24, 2.45) is 5.92 Å². The zero-order chi connectivity index (χ0) is 13.3. The molecule has 2 rings (SSSR count). The summed E-state index contributed by atoms with van der Waals surface area (Å²) in [6, 6.07) is 5.38. The molecule has 1 aliphatic rings. The fraction of sp³-hybridized carbons (Fsp3) is 0.500. The van der Waals surface area contributed by atoms with E-state index >= 15 is 0 Å². The van der Waals surface area contributed by atoms with Crippen molar-refractivity contribution in [1.82, 2.24) is 5.32 Å². The maximum absolute atomic E-state index is 12.2. The molecule has 0 saturated heterocycles. The van der Waals surface area contributed by atoms with Gasteiger partial charge < -0.3 is 10.4 Å². The van der Waals surface area contributed by atoms with Crippen molar-refractivity contribution in [3.05, 3.63) is 34.3 Å². The van der Waals surface area contributed by atoms with E-state index in [1.807, 2.05) is 26.0 Å². The molecule has 2 N–H and O–H groups in total. The lowest BCUT2D eigenvalue weighted by Crippen LogP contribution is -2.50. The number of hydrogen-bond acceptors (Lipinski definition) is 2. The largest absolute Gasteiger partial charge is 0.394 e. The minimum absolute atomic E-state index is 0.0488. The molecule has 1 aromatic rings. The van der Waals surface area contributed by atoms with Crippen LogP contribution in [0.25, 0.3) is 0 Å². The number of rotatable bonds is 4. The third-order valence-corrected chi connectivity index (χ3v) is 4.14. The van der Waals surface area contributed by atoms with Crippen molar-refractivity contribution in [3.8, 4) is 0 Å². The van der Waals surface area contributed by atoms with Crippen molar-refractivity contribution < 1.29 is 9.90 Å². The summed E-state index contributed by atoms with van der Waals surface area (Å²) in [5, 5.41) is 12.9. The molecular formula is C14H18ClNO2. The first-order chi connectivity index (χ1) is 8.48. The van der Waals surface area contributed by atoms with Gasteiger partial charge in [-0.05, 0) is 44.2 Å². The quantitative estimate of drug-likeness (QED) is 0.881. The third-order valence-electron chi connectivity index (χ3n) is 3.64. The first-order valence-corrected chi connectivity index (χ1v) is 6.54. The Bertz CT molecular complexity index is 471. The normalized spacial score (nSPS) is 18.2. The van der Waals surface area contributed by atoms with Crippen molar-refractivity contribution >= 4 is 17.5 Å². The Hall–Kier alpha value is -1.06. The van der Waals surface area contributed by atoms with Gasteiger partial charge in [0.1, 0.15) is 0 Å². The predicted molar refractivity (Wildman–Crippen MR) is 71.9 cm³/mol. The summed E-state index contributed by atoms with van der Waals surface area (Å²) in [6.07, 6.45) is 2.11. The summed E-state index contributed by atoms with van der Waals surface area (Å²) >= 11 is 6.13. The zero-order valence-electron chi connectivity index (χ0n) is 10.7. The van der Waals surface area contributed by atoms with E-state index in [0.29, 0.717) is 16.5 Å². The molecule has 18 heavy (non-hydrogen) atoms. The monoisotopic (exact) mass is 267 g/mol. The van der Waals surface area contributed by atoms with Gasteiger partial charge in [0.2, 0.25) is 0 Å². The molecular weight excluding hydrogens is 250 g/mol. The number of carbonyl (C=O) groups excluding carboxylic acids is 1. The fourth-order valence-corrected chi connectivity index (χ4v) is 2.35. The molecule has 0 radical (unpaired) electrons. The SMILES string of the molecule is Cc1cccc(C(=O)NC(C)(CO)C2CC2)c1Cl. The number of benzene rings is 1. The summed E-state index contributed by atoms with van der Waals surface area (Å²) in [4.78, 5) is 12.2. The van der Waals surface area contributed by atoms with Crippen LogP contribution in [0.2, 0.25) is 5.02 Å². The molecule has 1 saturated carbocycles. The Morgan fingerprint density at radius 1 is 1.56 bits per heavy atom. The summed E-state index contributed by atoms with van der Waals surface area (Å²) in [5.41, 5.74) is 0.808. The predicted octanol–water partition coefficient (Wildman–Crippen LogP) is 2.54. The molecule has 0 heterocycles. The van der Waals surface area contributed by atoms with Crippen LogP contribution in [0.4, 0.5) is 0 Å². The topological polar surface area (TPSA) is 49.3 Å². The van der Waals surface area contributed by atoms with Crippen molar-refractivity contribution in [3.63, 3.8) is 0 Å². The number of carbonyl (C=O) groups is 1. The summed E-state index contributed by atoms with van der Waals surface area (Å²) in [7, 11) is 0. The number of halogens is 1. The molecule has 1 fully saturated rings. The molecule has 1 aromatic carbocycles. The molecule has 3 nitrogen and oxygen atoms in total. The van der Waals surface area contributed by atoms with Gasteiger partial charge in [-0.2, -0.15) is 0 Å². The van der Waals surface area contributed by atoms with Gasteiger partial charge in [-0.1, -0.05) is 23.7 Å². The summed E-state index contributed by atoms with van der Waals surface area (Å²) < 4.78 is 0. The lowest BCUT2D eigenvalue weighted by Gasteiger charge is -2.29. The van der Waals surface area contributed by atoms with Gasteiger partial charge in [-0.25, -0.2) is 0 Å². The Kier molecular flexibility index (Phi) is 3.64. The van der Waals surface area contributed by atoms with Crippen LogP contribution in [0.1, 0.15) is 35.7 Å². The van der Waals surface area contributed by atoms with Crippen LogP contribution in [0.3, 0.4) is 0 Å². The maximum Gasteiger partial charge on any atom is 0.253 e. The number of nitrogens with one attached hydrogen (secondary N) is 1. The standard InChI is InChI=1S/C14H18ClNO2/c1-9-4-3-5-11(12(9)15)13(18)16-14(2,8-17)10-6-7-10/h3-5,10,17H,6-8H2,1-2H3,(H,16,18). The Morgan fingerprint density at radius 2 is 2.22 bits per heavy atom. The molecule has 98 valence electrons. The van der Waals surface area contributed by atoms with Crippen LogP contribution >= 0.6 is 11.6 Å². The smallest absolute Gasteiger partial charge is 0.253 e. The van der Waals surface area contributed by atoms with Crippen LogP contribution in [0.5, 0.6) is 0 Å². The Balaban J connectivity index is 2.19. The van der Waals surface area contributed by atoms with E-state index in [-0.39, 0.29) is 12.5 Å². The highest BCUT2D eigenvalue weighted by Crippen LogP contribution is 2.39. The highest BCUT2D eigenvalue weighted by molar-refractivity contribution is 6.34. The van der Waals surface area contributed by atoms with Gasteiger partial charge in [0.05, 0.1) is 22.7 Å². The van der Waals surface area contributed by atoms with Crippen molar-refractivity contribution in [2.45, 2.75) is 32.2 Å². The lowest BCUT2D eigenvalue weighted by atomic mass is 9.96. The van der Waals surface area contributed by atoms with Crippen LogP contribution in [-0.2, 0) is 0 Å². The maximum atomic E-state index is 12.2. The second-order valence-electron chi connectivity index (χ2n) is 5.24. The Labute approximate surface area is 112 Å². The van der Waals surface area contributed by atoms with Crippen molar-refractivity contribution in [1.29, 1.82) is 0 Å². The first-order valence-electron chi connectivity index (χ1n) is 6.16. The number of hydrogen-bond donors (Lipinski definition) is 2. The number of aryl methyl sites for hydroxylation is 1. The minimum atomic E-state index is -0.538. The molecule has 0 aliphatic heterocycles. The van der Waals surface area contributed by atoms with E-state index in [2.05, 4.69) is 5.32 Å². The summed E-state index contributed by atoms with van der Waals surface area (Å²) in [6.45, 7) is 3.70. The van der Waals surface area contributed by atoms with E-state index in [1.165, 1.54) is 0 Å². The molecule has 0 aromatic heterocycles. The molecule has 1 aliphatic carbocycles. The molecule has 4 heteroatoms. The van der Waals surface area contributed by atoms with Crippen LogP contribution < -0.4 is 5.32 Å². The average molecular weight is 268 g/mol. The van der Waals surface area contributed by atoms with Gasteiger partial charge in [-0.15, -0.1) is 0 Å². The average Bonchev–Trinajstić information content (AvgIpc) is 3.16. The lowest BCUT2D eigenvalue weighted by molar-refractivity contribution is 0.0824. The van der Waals surface area contributed by atoms with Crippen molar-refractivity contribution in [2.75, 3.05) is 6.61 Å². The molecule has 1 amide bonds. The minimum Gasteiger partial charge on any atom is -0.394 e. The molecule has 0 bridgehead atoms. The number of aliphatic hydroxyl groups is 1. The van der Waals surface area contributed by atoms with E-state index in [1.54, 1.807) is 6.07 Å². The second kappa shape index (κ2) is 4.90. The van der Waals surface area contributed by atoms with E-state index in [0.717, 1.165) is 18.4 Å². The fourth-order valence-electron chi connectivity index (χ4n) is 2.14. The first kappa shape index (κ1) is 13.4. The molecule has 1 atom stereocenters. The van der Waals surface area contributed by atoms with E-state index in [9.17, 15) is 9.90 Å². The van der Waals surface area contributed by atoms with Gasteiger partial charge >= 0.3 is 0 Å².